The summed E-state index contributed by atoms with van der Waals surface area (Å²) in [5.41, 5.74) is 0.935. The highest BCUT2D eigenvalue weighted by Crippen LogP contribution is 2.28. The number of carboxylic acids is 1. The highest BCUT2D eigenvalue weighted by Gasteiger charge is 2.51. The summed E-state index contributed by atoms with van der Waals surface area (Å²) in [6.07, 6.45) is 1.10. The van der Waals surface area contributed by atoms with Gasteiger partial charge in [0.2, 0.25) is 11.8 Å². The van der Waals surface area contributed by atoms with E-state index in [0.29, 0.717) is 19.6 Å². The number of carbonyl (C=O) groups excluding carboxylic acids is 3. The number of urea groups is 1. The summed E-state index contributed by atoms with van der Waals surface area (Å²) in [7, 11) is 0. The Balaban J connectivity index is 1.90. The molecule has 10 heteroatoms. The van der Waals surface area contributed by atoms with Crippen LogP contribution in [0.25, 0.3) is 0 Å². The number of piperazine rings is 1. The standard InChI is InChI=1S/C23H33N5O5/c1-3-5-12-25-15-19-27(18(22(25)32)13-21(30)31)20(29)16-26(11-4-2)28(19)23(33)24-14-17-9-7-6-8-10-17/h6-10,18-19H,3-5,11-16H2,1-2H3,(H,24,33)(H,30,31)/t18-,19-/m0/s1. The molecule has 2 N–H and O–H groups in total. The van der Waals surface area contributed by atoms with E-state index >= 15 is 0 Å². The number of rotatable bonds is 9. The molecular weight excluding hydrogens is 426 g/mol. The monoisotopic (exact) mass is 459 g/mol. The number of hydrogen-bond donors (Lipinski definition) is 2. The molecule has 4 amide bonds. The minimum atomic E-state index is -1.16. The average Bonchev–Trinajstić information content (AvgIpc) is 2.79. The number of hydrogen-bond acceptors (Lipinski definition) is 5. The van der Waals surface area contributed by atoms with Crippen molar-refractivity contribution in [1.82, 2.24) is 25.1 Å². The van der Waals surface area contributed by atoms with Crippen molar-refractivity contribution < 1.29 is 24.3 Å². The predicted molar refractivity (Wildman–Crippen MR) is 121 cm³/mol. The van der Waals surface area contributed by atoms with Gasteiger partial charge in [0, 0.05) is 19.6 Å². The van der Waals surface area contributed by atoms with Crippen LogP contribution in [0.15, 0.2) is 30.3 Å². The van der Waals surface area contributed by atoms with E-state index in [1.54, 1.807) is 9.91 Å². The van der Waals surface area contributed by atoms with Crippen molar-refractivity contribution in [2.75, 3.05) is 26.2 Å². The number of hydrazine groups is 1. The van der Waals surface area contributed by atoms with E-state index in [-0.39, 0.29) is 30.9 Å². The number of nitrogens with one attached hydrogen (secondary N) is 1. The van der Waals surface area contributed by atoms with Gasteiger partial charge in [-0.25, -0.2) is 14.8 Å². The molecule has 0 unspecified atom stereocenters. The number of carbonyl (C=O) groups is 4. The summed E-state index contributed by atoms with van der Waals surface area (Å²) in [6, 6.07) is 7.99. The van der Waals surface area contributed by atoms with E-state index in [1.165, 1.54) is 9.91 Å². The van der Waals surface area contributed by atoms with Crippen LogP contribution in [0, 0.1) is 0 Å². The van der Waals surface area contributed by atoms with Gasteiger partial charge in [-0.05, 0) is 18.4 Å². The van der Waals surface area contributed by atoms with Gasteiger partial charge >= 0.3 is 12.0 Å². The molecule has 2 aliphatic heterocycles. The molecule has 10 nitrogen and oxygen atoms in total. The van der Waals surface area contributed by atoms with Crippen molar-refractivity contribution >= 4 is 23.8 Å². The molecule has 2 atom stereocenters. The van der Waals surface area contributed by atoms with Crippen LogP contribution < -0.4 is 5.32 Å². The molecule has 2 aliphatic rings. The minimum absolute atomic E-state index is 0.0819. The fourth-order valence-electron chi connectivity index (χ4n) is 4.41. The summed E-state index contributed by atoms with van der Waals surface area (Å²) in [5, 5.41) is 15.6. The van der Waals surface area contributed by atoms with Gasteiger partial charge in [0.25, 0.3) is 0 Å². The molecule has 0 spiro atoms. The van der Waals surface area contributed by atoms with Gasteiger partial charge in [-0.1, -0.05) is 50.6 Å². The van der Waals surface area contributed by atoms with Gasteiger partial charge in [-0.15, -0.1) is 0 Å². The molecule has 0 aromatic heterocycles. The Morgan fingerprint density at radius 1 is 1.09 bits per heavy atom. The number of benzene rings is 1. The lowest BCUT2D eigenvalue weighted by Crippen LogP contribution is -2.76. The van der Waals surface area contributed by atoms with Crippen molar-refractivity contribution in [2.45, 2.75) is 58.3 Å². The Morgan fingerprint density at radius 3 is 2.45 bits per heavy atom. The number of unbranched alkanes of at least 4 members (excludes halogenated alkanes) is 1. The molecule has 2 saturated heterocycles. The van der Waals surface area contributed by atoms with Crippen LogP contribution in [0.3, 0.4) is 0 Å². The van der Waals surface area contributed by atoms with E-state index in [1.807, 2.05) is 44.2 Å². The van der Waals surface area contributed by atoms with Gasteiger partial charge in [0.15, 0.2) is 0 Å². The van der Waals surface area contributed by atoms with Crippen LogP contribution in [-0.2, 0) is 20.9 Å². The third-order valence-corrected chi connectivity index (χ3v) is 5.96. The zero-order chi connectivity index (χ0) is 24.0. The fourth-order valence-corrected chi connectivity index (χ4v) is 4.41. The molecule has 0 saturated carbocycles. The number of carboxylic acid groups (broad SMARTS) is 1. The van der Waals surface area contributed by atoms with Crippen molar-refractivity contribution in [3.63, 3.8) is 0 Å². The predicted octanol–water partition coefficient (Wildman–Crippen LogP) is 1.48. The summed E-state index contributed by atoms with van der Waals surface area (Å²) < 4.78 is 0. The SMILES string of the molecule is CCCCN1C[C@H]2N(C(=O)CN(CCC)N2C(=O)NCc2ccccc2)[C@@H](CC(=O)O)C1=O. The third kappa shape index (κ3) is 5.62. The summed E-state index contributed by atoms with van der Waals surface area (Å²) in [6.45, 7) is 5.29. The third-order valence-electron chi connectivity index (χ3n) is 5.96. The van der Waals surface area contributed by atoms with Gasteiger partial charge in [0.05, 0.1) is 19.5 Å². The number of aliphatic carboxylic acids is 1. The molecule has 1 aromatic rings. The van der Waals surface area contributed by atoms with Gasteiger partial charge in [-0.2, -0.15) is 0 Å². The molecule has 3 rings (SSSR count). The number of nitrogens with zero attached hydrogens (tertiary/aromatic N) is 4. The maximum Gasteiger partial charge on any atom is 0.334 e. The maximum absolute atomic E-state index is 13.4. The van der Waals surface area contributed by atoms with Crippen molar-refractivity contribution in [3.8, 4) is 0 Å². The second-order valence-electron chi connectivity index (χ2n) is 8.41. The quantitative estimate of drug-likeness (QED) is 0.578. The fraction of sp³-hybridized carbons (Fsp3) is 0.565. The van der Waals surface area contributed by atoms with Crippen molar-refractivity contribution in [2.24, 2.45) is 0 Å². The lowest BCUT2D eigenvalue weighted by atomic mass is 10.0. The summed E-state index contributed by atoms with van der Waals surface area (Å²) in [4.78, 5) is 54.0. The molecule has 180 valence electrons. The first kappa shape index (κ1) is 24.5. The largest absolute Gasteiger partial charge is 0.481 e. The first-order valence-corrected chi connectivity index (χ1v) is 11.5. The van der Waals surface area contributed by atoms with E-state index < -0.39 is 24.6 Å². The first-order valence-electron chi connectivity index (χ1n) is 11.5. The lowest BCUT2D eigenvalue weighted by Gasteiger charge is -2.55. The smallest absolute Gasteiger partial charge is 0.334 e. The summed E-state index contributed by atoms with van der Waals surface area (Å²) in [5.74, 6) is -1.87. The van der Waals surface area contributed by atoms with Crippen LogP contribution in [0.4, 0.5) is 4.79 Å². The second kappa shape index (κ2) is 11.1. The molecule has 1 aromatic carbocycles. The lowest BCUT2D eigenvalue weighted by molar-refractivity contribution is -0.191. The molecule has 0 bridgehead atoms. The molecule has 0 radical (unpaired) electrons. The van der Waals surface area contributed by atoms with E-state index in [2.05, 4.69) is 5.32 Å². The summed E-state index contributed by atoms with van der Waals surface area (Å²) >= 11 is 0. The topological polar surface area (TPSA) is 114 Å². The molecular formula is C23H33N5O5. The van der Waals surface area contributed by atoms with E-state index in [4.69, 9.17) is 0 Å². The Labute approximate surface area is 194 Å². The normalized spacial score (nSPS) is 21.2. The van der Waals surface area contributed by atoms with Gasteiger partial charge in [-0.3, -0.25) is 14.4 Å². The van der Waals surface area contributed by atoms with Crippen molar-refractivity contribution in [1.29, 1.82) is 0 Å². The first-order chi connectivity index (χ1) is 15.9. The van der Waals surface area contributed by atoms with E-state index in [9.17, 15) is 24.3 Å². The van der Waals surface area contributed by atoms with Crippen molar-refractivity contribution in [3.05, 3.63) is 35.9 Å². The zero-order valence-corrected chi connectivity index (χ0v) is 19.3. The number of amides is 4. The number of fused-ring (bicyclic) bond motifs is 1. The maximum atomic E-state index is 13.4. The van der Waals surface area contributed by atoms with Crippen LogP contribution in [0.2, 0.25) is 0 Å². The highest BCUT2D eigenvalue weighted by molar-refractivity contribution is 5.93. The van der Waals surface area contributed by atoms with E-state index in [0.717, 1.165) is 24.8 Å². The zero-order valence-electron chi connectivity index (χ0n) is 19.3. The second-order valence-corrected chi connectivity index (χ2v) is 8.41. The Morgan fingerprint density at radius 2 is 1.82 bits per heavy atom. The Bertz CT molecular complexity index is 864. The van der Waals surface area contributed by atoms with Crippen LogP contribution >= 0.6 is 0 Å². The van der Waals surface area contributed by atoms with Crippen LogP contribution in [0.1, 0.15) is 45.1 Å². The minimum Gasteiger partial charge on any atom is -0.481 e. The Hall–Kier alpha value is -3.14. The Kier molecular flexibility index (Phi) is 8.26. The molecule has 33 heavy (non-hydrogen) atoms. The molecule has 2 fully saturated rings. The molecule has 2 heterocycles. The van der Waals surface area contributed by atoms with Crippen LogP contribution in [0.5, 0.6) is 0 Å². The van der Waals surface area contributed by atoms with Crippen LogP contribution in [-0.4, -0.2) is 87.1 Å². The molecule has 0 aliphatic carbocycles. The highest BCUT2D eigenvalue weighted by atomic mass is 16.4. The average molecular weight is 460 g/mol. The van der Waals surface area contributed by atoms with Gasteiger partial charge in [0.1, 0.15) is 12.2 Å². The van der Waals surface area contributed by atoms with Gasteiger partial charge < -0.3 is 20.2 Å².